The van der Waals surface area contributed by atoms with Gasteiger partial charge in [0.15, 0.2) is 0 Å². The zero-order valence-corrected chi connectivity index (χ0v) is 19.9. The van der Waals surface area contributed by atoms with Gasteiger partial charge in [0, 0.05) is 31.7 Å². The summed E-state index contributed by atoms with van der Waals surface area (Å²) in [6.07, 6.45) is 0. The lowest BCUT2D eigenvalue weighted by Crippen LogP contribution is -2.48. The van der Waals surface area contributed by atoms with Crippen LogP contribution in [0.3, 0.4) is 0 Å². The normalized spacial score (nSPS) is 14.5. The van der Waals surface area contributed by atoms with Gasteiger partial charge in [-0.3, -0.25) is 9.69 Å². The van der Waals surface area contributed by atoms with Gasteiger partial charge < -0.3 is 9.42 Å². The fourth-order valence-corrected chi connectivity index (χ4v) is 4.43. The number of rotatable bonds is 5. The molecular formula is C25H25ClN6O2. The summed E-state index contributed by atoms with van der Waals surface area (Å²) in [7, 11) is 0. The van der Waals surface area contributed by atoms with E-state index in [0.717, 1.165) is 11.3 Å². The molecule has 1 fully saturated rings. The molecule has 1 amide bonds. The van der Waals surface area contributed by atoms with Gasteiger partial charge >= 0.3 is 0 Å². The van der Waals surface area contributed by atoms with Gasteiger partial charge in [-0.1, -0.05) is 64.8 Å². The van der Waals surface area contributed by atoms with Gasteiger partial charge in [-0.2, -0.15) is 10.1 Å². The Bertz CT molecular complexity index is 1290. The molecule has 0 atom stereocenters. The van der Waals surface area contributed by atoms with Crippen molar-refractivity contribution in [2.45, 2.75) is 20.4 Å². The van der Waals surface area contributed by atoms with E-state index in [0.29, 0.717) is 60.8 Å². The number of benzene rings is 2. The molecule has 0 radical (unpaired) electrons. The molecule has 3 heterocycles. The van der Waals surface area contributed by atoms with Crippen molar-refractivity contribution in [3.05, 3.63) is 82.5 Å². The highest BCUT2D eigenvalue weighted by molar-refractivity contribution is 6.33. The Labute approximate surface area is 202 Å². The van der Waals surface area contributed by atoms with Crippen molar-refractivity contribution in [1.29, 1.82) is 0 Å². The quantitative estimate of drug-likeness (QED) is 0.430. The van der Waals surface area contributed by atoms with Crippen LogP contribution in [0.4, 0.5) is 0 Å². The Kier molecular flexibility index (Phi) is 6.17. The van der Waals surface area contributed by atoms with E-state index in [2.05, 4.69) is 20.1 Å². The van der Waals surface area contributed by atoms with E-state index in [9.17, 15) is 4.79 Å². The summed E-state index contributed by atoms with van der Waals surface area (Å²) in [6.45, 7) is 6.99. The second kappa shape index (κ2) is 9.40. The smallest absolute Gasteiger partial charge is 0.258 e. The van der Waals surface area contributed by atoms with Crippen LogP contribution in [-0.2, 0) is 6.54 Å². The van der Waals surface area contributed by atoms with Crippen molar-refractivity contribution >= 4 is 17.5 Å². The molecule has 0 bridgehead atoms. The van der Waals surface area contributed by atoms with Crippen molar-refractivity contribution in [3.8, 4) is 17.1 Å². The molecule has 5 rings (SSSR count). The minimum absolute atomic E-state index is 0.0937. The van der Waals surface area contributed by atoms with Crippen molar-refractivity contribution in [3.63, 3.8) is 0 Å². The summed E-state index contributed by atoms with van der Waals surface area (Å²) in [5.41, 5.74) is 4.02. The van der Waals surface area contributed by atoms with Gasteiger partial charge in [0.05, 0.1) is 23.5 Å². The predicted molar refractivity (Wildman–Crippen MR) is 129 cm³/mol. The molecule has 174 valence electrons. The van der Waals surface area contributed by atoms with Crippen LogP contribution in [-0.4, -0.2) is 61.8 Å². The van der Waals surface area contributed by atoms with E-state index in [1.54, 1.807) is 4.68 Å². The maximum absolute atomic E-state index is 13.3. The first-order chi connectivity index (χ1) is 16.5. The molecule has 2 aromatic carbocycles. The van der Waals surface area contributed by atoms with Crippen LogP contribution in [0.5, 0.6) is 0 Å². The SMILES string of the molecule is Cc1ccc(-c2noc(CN3CCN(C(=O)c4c(C)nn(-c5ccccc5)c4Cl)CC3)n2)cc1. The number of para-hydroxylation sites is 1. The van der Waals surface area contributed by atoms with Crippen LogP contribution in [0.25, 0.3) is 17.1 Å². The molecule has 0 aliphatic carbocycles. The zero-order chi connectivity index (χ0) is 23.7. The third kappa shape index (κ3) is 4.47. The van der Waals surface area contributed by atoms with Crippen molar-refractivity contribution in [1.82, 2.24) is 29.7 Å². The Morgan fingerprint density at radius 1 is 1.00 bits per heavy atom. The van der Waals surface area contributed by atoms with Gasteiger partial charge in [-0.15, -0.1) is 0 Å². The lowest BCUT2D eigenvalue weighted by molar-refractivity contribution is 0.0614. The van der Waals surface area contributed by atoms with Gasteiger partial charge in [0.2, 0.25) is 11.7 Å². The first-order valence-electron chi connectivity index (χ1n) is 11.2. The molecule has 0 spiro atoms. The van der Waals surface area contributed by atoms with Crippen molar-refractivity contribution < 1.29 is 9.32 Å². The second-order valence-corrected chi connectivity index (χ2v) is 8.80. The van der Waals surface area contributed by atoms with Crippen LogP contribution in [0.1, 0.15) is 27.5 Å². The van der Waals surface area contributed by atoms with Gasteiger partial charge in [-0.25, -0.2) is 4.68 Å². The maximum Gasteiger partial charge on any atom is 0.258 e. The number of hydrogen-bond donors (Lipinski definition) is 0. The summed E-state index contributed by atoms with van der Waals surface area (Å²) < 4.78 is 7.07. The van der Waals surface area contributed by atoms with E-state index in [-0.39, 0.29) is 5.91 Å². The average Bonchev–Trinajstić information content (AvgIpc) is 3.44. The lowest BCUT2D eigenvalue weighted by Gasteiger charge is -2.33. The van der Waals surface area contributed by atoms with Crippen LogP contribution in [0, 0.1) is 13.8 Å². The number of amides is 1. The third-order valence-electron chi connectivity index (χ3n) is 6.01. The number of piperazine rings is 1. The maximum atomic E-state index is 13.3. The Balaban J connectivity index is 1.22. The number of halogens is 1. The first-order valence-corrected chi connectivity index (χ1v) is 11.6. The molecule has 8 nitrogen and oxygen atoms in total. The Morgan fingerprint density at radius 2 is 1.71 bits per heavy atom. The van der Waals surface area contributed by atoms with Crippen LogP contribution >= 0.6 is 11.6 Å². The van der Waals surface area contributed by atoms with E-state index in [1.165, 1.54) is 5.56 Å². The summed E-state index contributed by atoms with van der Waals surface area (Å²) in [5, 5.41) is 8.95. The van der Waals surface area contributed by atoms with E-state index in [4.69, 9.17) is 16.1 Å². The highest BCUT2D eigenvalue weighted by Gasteiger charge is 2.28. The molecule has 1 saturated heterocycles. The Hall–Kier alpha value is -3.49. The summed E-state index contributed by atoms with van der Waals surface area (Å²) >= 11 is 6.59. The number of carbonyl (C=O) groups is 1. The first kappa shape index (κ1) is 22.3. The van der Waals surface area contributed by atoms with Crippen LogP contribution in [0.2, 0.25) is 5.15 Å². The minimum Gasteiger partial charge on any atom is -0.338 e. The van der Waals surface area contributed by atoms with Gasteiger partial charge in [0.25, 0.3) is 5.91 Å². The summed E-state index contributed by atoms with van der Waals surface area (Å²) in [5.74, 6) is 1.06. The fraction of sp³-hybridized carbons (Fsp3) is 0.280. The largest absolute Gasteiger partial charge is 0.338 e. The van der Waals surface area contributed by atoms with Crippen LogP contribution < -0.4 is 0 Å². The summed E-state index contributed by atoms with van der Waals surface area (Å²) in [6, 6.07) is 17.6. The number of aryl methyl sites for hydroxylation is 2. The van der Waals surface area contributed by atoms with E-state index >= 15 is 0 Å². The molecule has 1 aliphatic heterocycles. The molecule has 34 heavy (non-hydrogen) atoms. The van der Waals surface area contributed by atoms with E-state index < -0.39 is 0 Å². The lowest BCUT2D eigenvalue weighted by atomic mass is 10.1. The van der Waals surface area contributed by atoms with Gasteiger partial charge in [-0.05, 0) is 26.0 Å². The average molecular weight is 477 g/mol. The van der Waals surface area contributed by atoms with E-state index in [1.807, 2.05) is 73.3 Å². The fourth-order valence-electron chi connectivity index (χ4n) is 4.08. The molecule has 4 aromatic rings. The third-order valence-corrected chi connectivity index (χ3v) is 6.36. The molecule has 0 N–H and O–H groups in total. The molecule has 2 aromatic heterocycles. The standard InChI is InChI=1S/C25H25ClN6O2/c1-17-8-10-19(11-9-17)24-27-21(34-29-24)16-30-12-14-31(15-13-30)25(33)22-18(2)28-32(23(22)26)20-6-4-3-5-7-20/h3-11H,12-16H2,1-2H3. The highest BCUT2D eigenvalue weighted by atomic mass is 35.5. The number of hydrogen-bond acceptors (Lipinski definition) is 6. The minimum atomic E-state index is -0.0937. The molecular weight excluding hydrogens is 452 g/mol. The predicted octanol–water partition coefficient (Wildman–Crippen LogP) is 4.15. The Morgan fingerprint density at radius 3 is 2.41 bits per heavy atom. The zero-order valence-electron chi connectivity index (χ0n) is 19.1. The number of nitrogens with zero attached hydrogens (tertiary/aromatic N) is 6. The van der Waals surface area contributed by atoms with Crippen molar-refractivity contribution in [2.75, 3.05) is 26.2 Å². The summed E-state index contributed by atoms with van der Waals surface area (Å²) in [4.78, 5) is 21.8. The van der Waals surface area contributed by atoms with Crippen LogP contribution in [0.15, 0.2) is 59.1 Å². The number of aromatic nitrogens is 4. The molecule has 1 aliphatic rings. The molecule has 9 heteroatoms. The molecule has 0 unspecified atom stereocenters. The highest BCUT2D eigenvalue weighted by Crippen LogP contribution is 2.25. The monoisotopic (exact) mass is 476 g/mol. The second-order valence-electron chi connectivity index (χ2n) is 8.44. The van der Waals surface area contributed by atoms with Gasteiger partial charge in [0.1, 0.15) is 5.15 Å². The van der Waals surface area contributed by atoms with Crippen molar-refractivity contribution in [2.24, 2.45) is 0 Å². The molecule has 0 saturated carbocycles. The number of carbonyl (C=O) groups excluding carboxylic acids is 1. The topological polar surface area (TPSA) is 80.3 Å².